The zero-order valence-electron chi connectivity index (χ0n) is 3.20. The molecule has 1 N–H and O–H groups in total. The van der Waals surface area contributed by atoms with E-state index in [1.165, 1.54) is 0 Å². The Kier molecular flexibility index (Phi) is 2.24. The molecule has 0 aliphatic rings. The Morgan fingerprint density at radius 1 is 2.00 bits per heavy atom. The van der Waals surface area contributed by atoms with Crippen molar-refractivity contribution in [1.29, 1.82) is 0 Å². The predicted octanol–water partition coefficient (Wildman–Crippen LogP) is -0.257. The van der Waals surface area contributed by atoms with Crippen LogP contribution in [0.2, 0.25) is 0 Å². The van der Waals surface area contributed by atoms with Crippen LogP contribution in [0.5, 0.6) is 0 Å². The van der Waals surface area contributed by atoms with E-state index < -0.39 is 6.23 Å². The average Bonchev–Trinajstić information content (AvgIpc) is 1.65. The molecule has 6 heavy (non-hydrogen) atoms. The molecule has 0 rings (SSSR count). The van der Waals surface area contributed by atoms with Gasteiger partial charge in [-0.15, -0.1) is 5.11 Å². The number of aliphatic hydroxyl groups excluding tert-OH is 1. The maximum atomic E-state index is 8.13. The molecule has 1 radical (unpaired) electrons. The van der Waals surface area contributed by atoms with Crippen LogP contribution in [0.3, 0.4) is 0 Å². The SMILES string of the molecule is C=CC(O)N=[N]. The Labute approximate surface area is 35.8 Å². The van der Waals surface area contributed by atoms with Gasteiger partial charge in [0, 0.05) is 0 Å². The van der Waals surface area contributed by atoms with E-state index >= 15 is 0 Å². The van der Waals surface area contributed by atoms with Crippen molar-refractivity contribution < 1.29 is 5.11 Å². The second-order valence-corrected chi connectivity index (χ2v) is 0.765. The van der Waals surface area contributed by atoms with Gasteiger partial charge in [0.05, 0.1) is 0 Å². The zero-order valence-corrected chi connectivity index (χ0v) is 3.20. The zero-order chi connectivity index (χ0) is 4.99. The third-order valence-corrected chi connectivity index (χ3v) is 0.329. The summed E-state index contributed by atoms with van der Waals surface area (Å²) in [5.41, 5.74) is 7.64. The monoisotopic (exact) mass is 85.0 g/mol. The van der Waals surface area contributed by atoms with Crippen LogP contribution in [-0.4, -0.2) is 11.3 Å². The van der Waals surface area contributed by atoms with Crippen LogP contribution in [0.15, 0.2) is 17.8 Å². The molecule has 33 valence electrons. The largest absolute Gasteiger partial charge is 0.367 e. The van der Waals surface area contributed by atoms with Gasteiger partial charge in [-0.3, -0.25) is 0 Å². The summed E-state index contributed by atoms with van der Waals surface area (Å²) < 4.78 is 0. The highest BCUT2D eigenvalue weighted by Crippen LogP contribution is 1.78. The molecule has 0 heterocycles. The fourth-order valence-electron chi connectivity index (χ4n) is 0.0471. The molecule has 0 bridgehead atoms. The number of hydrogen-bond donors (Lipinski definition) is 1. The van der Waals surface area contributed by atoms with E-state index in [1.807, 2.05) is 0 Å². The van der Waals surface area contributed by atoms with Crippen molar-refractivity contribution in [3.63, 3.8) is 0 Å². The van der Waals surface area contributed by atoms with Gasteiger partial charge in [-0.25, -0.2) is 0 Å². The van der Waals surface area contributed by atoms with Crippen molar-refractivity contribution in [3.8, 4) is 0 Å². The summed E-state index contributed by atoms with van der Waals surface area (Å²) >= 11 is 0. The van der Waals surface area contributed by atoms with Crippen LogP contribution in [0.4, 0.5) is 0 Å². The molecule has 1 atom stereocenters. The summed E-state index contributed by atoms with van der Waals surface area (Å²) in [5.74, 6) is 0. The Hall–Kier alpha value is -0.700. The van der Waals surface area contributed by atoms with Crippen molar-refractivity contribution in [3.05, 3.63) is 12.7 Å². The molecule has 3 nitrogen and oxygen atoms in total. The summed E-state index contributed by atoms with van der Waals surface area (Å²) in [4.78, 5) is 0. The van der Waals surface area contributed by atoms with Crippen molar-refractivity contribution in [1.82, 2.24) is 5.53 Å². The van der Waals surface area contributed by atoms with E-state index in [2.05, 4.69) is 11.7 Å². The normalized spacial score (nSPS) is 12.8. The molecule has 0 aromatic rings. The molecule has 0 saturated heterocycles. The van der Waals surface area contributed by atoms with Crippen LogP contribution in [-0.2, 0) is 0 Å². The predicted molar refractivity (Wildman–Crippen MR) is 20.8 cm³/mol. The first-order valence-electron chi connectivity index (χ1n) is 1.46. The fourth-order valence-corrected chi connectivity index (χ4v) is 0.0471. The first kappa shape index (κ1) is 5.30. The third kappa shape index (κ3) is 1.60. The van der Waals surface area contributed by atoms with Crippen LogP contribution in [0.1, 0.15) is 0 Å². The van der Waals surface area contributed by atoms with Gasteiger partial charge in [0.25, 0.3) is 0 Å². The van der Waals surface area contributed by atoms with Crippen LogP contribution in [0, 0.1) is 0 Å². The Bertz CT molecular complexity index is 53.8. The summed E-state index contributed by atoms with van der Waals surface area (Å²) in [6, 6.07) is 0. The van der Waals surface area contributed by atoms with E-state index in [1.54, 1.807) is 0 Å². The third-order valence-electron chi connectivity index (χ3n) is 0.329. The number of rotatable bonds is 2. The van der Waals surface area contributed by atoms with Crippen molar-refractivity contribution in [2.45, 2.75) is 6.23 Å². The number of aliphatic hydroxyl groups is 1. The molecule has 0 aromatic carbocycles. The van der Waals surface area contributed by atoms with Gasteiger partial charge in [-0.1, -0.05) is 6.58 Å². The quantitative estimate of drug-likeness (QED) is 0.364. The van der Waals surface area contributed by atoms with Crippen LogP contribution >= 0.6 is 0 Å². The molecular formula is C3H5N2O. The molecule has 1 unspecified atom stereocenters. The molecule has 0 fully saturated rings. The summed E-state index contributed by atoms with van der Waals surface area (Å²) in [6.45, 7) is 3.13. The van der Waals surface area contributed by atoms with Gasteiger partial charge >= 0.3 is 0 Å². The molecule has 0 aromatic heterocycles. The van der Waals surface area contributed by atoms with E-state index in [0.29, 0.717) is 0 Å². The van der Waals surface area contributed by atoms with Crippen LogP contribution < -0.4 is 5.53 Å². The summed E-state index contributed by atoms with van der Waals surface area (Å²) in [7, 11) is 0. The van der Waals surface area contributed by atoms with Crippen molar-refractivity contribution in [2.24, 2.45) is 5.11 Å². The van der Waals surface area contributed by atoms with E-state index in [-0.39, 0.29) is 0 Å². The fraction of sp³-hybridized carbons (Fsp3) is 0.333. The maximum Gasteiger partial charge on any atom is 0.186 e. The van der Waals surface area contributed by atoms with Gasteiger partial charge in [-0.05, 0) is 11.6 Å². The lowest BCUT2D eigenvalue weighted by molar-refractivity contribution is 0.226. The lowest BCUT2D eigenvalue weighted by Gasteiger charge is -1.84. The summed E-state index contributed by atoms with van der Waals surface area (Å²) in [5, 5.41) is 10.6. The molecule has 0 aliphatic carbocycles. The molecule has 0 amide bonds. The second-order valence-electron chi connectivity index (χ2n) is 0.765. The average molecular weight is 85.1 g/mol. The highest BCUT2D eigenvalue weighted by atomic mass is 16.3. The van der Waals surface area contributed by atoms with Gasteiger partial charge in [0.1, 0.15) is 0 Å². The minimum atomic E-state index is -1.12. The molecular weight excluding hydrogens is 80.0 g/mol. The first-order chi connectivity index (χ1) is 2.81. The molecule has 0 spiro atoms. The Balaban J connectivity index is 3.21. The number of hydrogen-bond acceptors (Lipinski definition) is 2. The van der Waals surface area contributed by atoms with Crippen molar-refractivity contribution in [2.75, 3.05) is 0 Å². The second kappa shape index (κ2) is 2.53. The smallest absolute Gasteiger partial charge is 0.186 e. The lowest BCUT2D eigenvalue weighted by Crippen LogP contribution is -1.93. The Morgan fingerprint density at radius 2 is 2.50 bits per heavy atom. The minimum Gasteiger partial charge on any atom is -0.367 e. The Morgan fingerprint density at radius 3 is 2.50 bits per heavy atom. The lowest BCUT2D eigenvalue weighted by atomic mass is 10.6. The van der Waals surface area contributed by atoms with Crippen molar-refractivity contribution >= 4 is 0 Å². The van der Waals surface area contributed by atoms with Gasteiger partial charge in [0.2, 0.25) is 0 Å². The van der Waals surface area contributed by atoms with E-state index in [0.717, 1.165) is 6.08 Å². The molecule has 3 heteroatoms. The first-order valence-corrected chi connectivity index (χ1v) is 1.46. The number of nitrogens with zero attached hydrogens (tertiary/aromatic N) is 2. The van der Waals surface area contributed by atoms with Gasteiger partial charge in [-0.2, -0.15) is 0 Å². The minimum absolute atomic E-state index is 1.11. The van der Waals surface area contributed by atoms with Gasteiger partial charge in [0.15, 0.2) is 6.23 Å². The maximum absolute atomic E-state index is 8.13. The standard InChI is InChI=1S/C3H5N2O/c1-2-3(6)5-4/h2-3,6H,1H2. The highest BCUT2D eigenvalue weighted by Gasteiger charge is 1.84. The van der Waals surface area contributed by atoms with E-state index in [9.17, 15) is 0 Å². The van der Waals surface area contributed by atoms with Crippen LogP contribution in [0.25, 0.3) is 0 Å². The van der Waals surface area contributed by atoms with Gasteiger partial charge < -0.3 is 5.11 Å². The summed E-state index contributed by atoms with van der Waals surface area (Å²) in [6.07, 6.45) is -0.00926. The molecule has 0 aliphatic heterocycles. The topological polar surface area (TPSA) is 54.9 Å². The molecule has 0 saturated carbocycles. The highest BCUT2D eigenvalue weighted by molar-refractivity contribution is 4.72. The van der Waals surface area contributed by atoms with E-state index in [4.69, 9.17) is 10.6 Å².